The van der Waals surface area contributed by atoms with Gasteiger partial charge >= 0.3 is 0 Å². The van der Waals surface area contributed by atoms with Crippen molar-refractivity contribution in [3.63, 3.8) is 0 Å². The molecule has 2 aliphatic heterocycles. The van der Waals surface area contributed by atoms with Crippen LogP contribution >= 0.6 is 11.8 Å². The first-order valence-corrected chi connectivity index (χ1v) is 10.7. The molecule has 3 aliphatic rings. The normalized spacial score (nSPS) is 27.0. The van der Waals surface area contributed by atoms with Gasteiger partial charge in [0.1, 0.15) is 0 Å². The van der Waals surface area contributed by atoms with Crippen LogP contribution in [0.2, 0.25) is 0 Å². The molecule has 1 aromatic rings. The second kappa shape index (κ2) is 5.25. The van der Waals surface area contributed by atoms with E-state index >= 15 is 0 Å². The van der Waals surface area contributed by atoms with Gasteiger partial charge in [-0.3, -0.25) is 0 Å². The molecule has 5 heteroatoms. The lowest BCUT2D eigenvalue weighted by atomic mass is 9.67. The molecule has 3 nitrogen and oxygen atoms in total. The third-order valence-electron chi connectivity index (χ3n) is 5.73. The van der Waals surface area contributed by atoms with E-state index in [1.807, 2.05) is 22.5 Å². The summed E-state index contributed by atoms with van der Waals surface area (Å²) in [6, 6.07) is 5.92. The molecule has 2 heterocycles. The van der Waals surface area contributed by atoms with E-state index in [-0.39, 0.29) is 6.04 Å². The van der Waals surface area contributed by atoms with Crippen LogP contribution in [-0.4, -0.2) is 31.1 Å². The van der Waals surface area contributed by atoms with Gasteiger partial charge in [0, 0.05) is 23.2 Å². The number of hydrogen-bond donors (Lipinski definition) is 0. The summed E-state index contributed by atoms with van der Waals surface area (Å²) in [5, 5.41) is 0. The van der Waals surface area contributed by atoms with Crippen molar-refractivity contribution in [2.75, 3.05) is 12.3 Å². The first kappa shape index (κ1) is 15.0. The zero-order valence-corrected chi connectivity index (χ0v) is 14.7. The van der Waals surface area contributed by atoms with Gasteiger partial charge < -0.3 is 0 Å². The molecule has 0 bridgehead atoms. The van der Waals surface area contributed by atoms with Crippen LogP contribution in [0, 0.1) is 5.41 Å². The summed E-state index contributed by atoms with van der Waals surface area (Å²) in [5.41, 5.74) is 1.59. The minimum Gasteiger partial charge on any atom is -0.207 e. The van der Waals surface area contributed by atoms with Crippen LogP contribution < -0.4 is 0 Å². The van der Waals surface area contributed by atoms with Crippen molar-refractivity contribution >= 4 is 21.8 Å². The van der Waals surface area contributed by atoms with Gasteiger partial charge in [-0.2, -0.15) is 4.31 Å². The molecule has 1 aliphatic carbocycles. The maximum atomic E-state index is 13.1. The fraction of sp³-hybridized carbons (Fsp3) is 0.647. The highest BCUT2D eigenvalue weighted by Crippen LogP contribution is 2.52. The molecule has 0 radical (unpaired) electrons. The first-order chi connectivity index (χ1) is 10.5. The zero-order chi connectivity index (χ0) is 15.4. The quantitative estimate of drug-likeness (QED) is 0.844. The second-order valence-electron chi connectivity index (χ2n) is 7.04. The standard InChI is InChI=1S/C17H23NO2S2/c1-2-14-11-17(7-3-8-17)12-18(14)22(19,20)15-5-4-13-6-9-21-16(13)10-15/h4-5,10,14H,2-3,6-9,11-12H2,1H3. The summed E-state index contributed by atoms with van der Waals surface area (Å²) in [4.78, 5) is 1.65. The van der Waals surface area contributed by atoms with Crippen LogP contribution in [0.1, 0.15) is 44.6 Å². The average molecular weight is 338 g/mol. The van der Waals surface area contributed by atoms with E-state index in [0.29, 0.717) is 10.3 Å². The minimum atomic E-state index is -3.35. The molecule has 1 aromatic carbocycles. The van der Waals surface area contributed by atoms with Crippen LogP contribution in [0.3, 0.4) is 0 Å². The van der Waals surface area contributed by atoms with Gasteiger partial charge in [0.25, 0.3) is 0 Å². The van der Waals surface area contributed by atoms with Crippen molar-refractivity contribution in [2.45, 2.75) is 61.3 Å². The van der Waals surface area contributed by atoms with Crippen LogP contribution in [0.5, 0.6) is 0 Å². The fourth-order valence-electron chi connectivity index (χ4n) is 4.24. The summed E-state index contributed by atoms with van der Waals surface area (Å²) in [7, 11) is -3.35. The Hall–Kier alpha value is -0.520. The maximum absolute atomic E-state index is 13.1. The molecule has 0 amide bonds. The number of benzene rings is 1. The lowest BCUT2D eigenvalue weighted by Gasteiger charge is -2.38. The van der Waals surface area contributed by atoms with Gasteiger partial charge in [0.2, 0.25) is 10.0 Å². The second-order valence-corrected chi connectivity index (χ2v) is 10.1. The van der Waals surface area contributed by atoms with Gasteiger partial charge in [-0.15, -0.1) is 11.8 Å². The Morgan fingerprint density at radius 1 is 1.36 bits per heavy atom. The van der Waals surface area contributed by atoms with Crippen molar-refractivity contribution in [2.24, 2.45) is 5.41 Å². The van der Waals surface area contributed by atoms with Crippen molar-refractivity contribution in [3.05, 3.63) is 23.8 Å². The highest BCUT2D eigenvalue weighted by Gasteiger charge is 2.50. The Bertz CT molecular complexity index is 695. The Labute approximate surface area is 137 Å². The third kappa shape index (κ3) is 2.24. The topological polar surface area (TPSA) is 37.4 Å². The van der Waals surface area contributed by atoms with Crippen LogP contribution in [-0.2, 0) is 16.4 Å². The predicted molar refractivity (Wildman–Crippen MR) is 89.7 cm³/mol. The summed E-state index contributed by atoms with van der Waals surface area (Å²) >= 11 is 1.78. The summed E-state index contributed by atoms with van der Waals surface area (Å²) in [6.45, 7) is 2.85. The minimum absolute atomic E-state index is 0.186. The van der Waals surface area contributed by atoms with Gasteiger partial charge in [-0.05, 0) is 55.2 Å². The molecule has 4 rings (SSSR count). The van der Waals surface area contributed by atoms with Gasteiger partial charge in [0.05, 0.1) is 4.90 Å². The SMILES string of the molecule is CCC1CC2(CCC2)CN1S(=O)(=O)c1ccc2c(c1)SCC2. The number of sulfonamides is 1. The highest BCUT2D eigenvalue weighted by molar-refractivity contribution is 7.99. The molecule has 1 saturated carbocycles. The number of rotatable bonds is 3. The molecule has 1 atom stereocenters. The van der Waals surface area contributed by atoms with Gasteiger partial charge in [-0.25, -0.2) is 8.42 Å². The third-order valence-corrected chi connectivity index (χ3v) is 8.72. The number of nitrogens with zero attached hydrogens (tertiary/aromatic N) is 1. The molecule has 1 saturated heterocycles. The molecule has 22 heavy (non-hydrogen) atoms. The monoisotopic (exact) mass is 337 g/mol. The van der Waals surface area contributed by atoms with Crippen LogP contribution in [0.15, 0.2) is 28.0 Å². The fourth-order valence-corrected chi connectivity index (χ4v) is 7.26. The highest BCUT2D eigenvalue weighted by atomic mass is 32.2. The molecule has 1 spiro atoms. The average Bonchev–Trinajstić information content (AvgIpc) is 3.10. The molecule has 0 N–H and O–H groups in total. The van der Waals surface area contributed by atoms with Crippen LogP contribution in [0.4, 0.5) is 0 Å². The van der Waals surface area contributed by atoms with Crippen molar-refractivity contribution in [3.8, 4) is 0 Å². The van der Waals surface area contributed by atoms with E-state index in [0.717, 1.165) is 36.5 Å². The molecule has 120 valence electrons. The Balaban J connectivity index is 1.68. The van der Waals surface area contributed by atoms with E-state index < -0.39 is 10.0 Å². The van der Waals surface area contributed by atoms with Crippen molar-refractivity contribution < 1.29 is 8.42 Å². The number of thioether (sulfide) groups is 1. The zero-order valence-electron chi connectivity index (χ0n) is 13.0. The van der Waals surface area contributed by atoms with Crippen molar-refractivity contribution in [1.29, 1.82) is 0 Å². The Kier molecular flexibility index (Phi) is 3.59. The Morgan fingerprint density at radius 2 is 2.18 bits per heavy atom. The van der Waals surface area contributed by atoms with E-state index in [4.69, 9.17) is 0 Å². The Morgan fingerprint density at radius 3 is 2.86 bits per heavy atom. The maximum Gasteiger partial charge on any atom is 0.243 e. The molecule has 2 fully saturated rings. The van der Waals surface area contributed by atoms with E-state index in [9.17, 15) is 8.42 Å². The van der Waals surface area contributed by atoms with E-state index in [2.05, 4.69) is 6.92 Å². The van der Waals surface area contributed by atoms with E-state index in [1.54, 1.807) is 11.8 Å². The summed E-state index contributed by atoms with van der Waals surface area (Å²) in [5.74, 6) is 1.07. The lowest BCUT2D eigenvalue weighted by Crippen LogP contribution is -2.38. The van der Waals surface area contributed by atoms with Gasteiger partial charge in [0.15, 0.2) is 0 Å². The van der Waals surface area contributed by atoms with Crippen LogP contribution in [0.25, 0.3) is 0 Å². The molecule has 0 aromatic heterocycles. The first-order valence-electron chi connectivity index (χ1n) is 8.32. The molecular weight excluding hydrogens is 314 g/mol. The number of hydrogen-bond acceptors (Lipinski definition) is 3. The molecule has 1 unspecified atom stereocenters. The summed E-state index contributed by atoms with van der Waals surface area (Å²) < 4.78 is 28.1. The summed E-state index contributed by atoms with van der Waals surface area (Å²) in [6.07, 6.45) is 6.71. The molecular formula is C17H23NO2S2. The largest absolute Gasteiger partial charge is 0.243 e. The number of aryl methyl sites for hydroxylation is 1. The van der Waals surface area contributed by atoms with Gasteiger partial charge in [-0.1, -0.05) is 19.4 Å². The predicted octanol–water partition coefficient (Wildman–Crippen LogP) is 3.68. The van der Waals surface area contributed by atoms with E-state index in [1.165, 1.54) is 24.8 Å². The van der Waals surface area contributed by atoms with Crippen molar-refractivity contribution in [1.82, 2.24) is 4.31 Å². The lowest BCUT2D eigenvalue weighted by molar-refractivity contribution is 0.152. The number of fused-ring (bicyclic) bond motifs is 1. The smallest absolute Gasteiger partial charge is 0.207 e.